The van der Waals surface area contributed by atoms with Gasteiger partial charge in [0.05, 0.1) is 24.4 Å². The maximum atomic E-state index is 13.1. The van der Waals surface area contributed by atoms with Crippen molar-refractivity contribution in [3.63, 3.8) is 0 Å². The molecule has 0 unspecified atom stereocenters. The van der Waals surface area contributed by atoms with Crippen LogP contribution in [0.15, 0.2) is 66.8 Å². The Labute approximate surface area is 205 Å². The van der Waals surface area contributed by atoms with Crippen LogP contribution in [0.2, 0.25) is 0 Å². The molecule has 1 saturated heterocycles. The normalized spacial score (nSPS) is 19.9. The molecule has 4 atom stereocenters. The largest absolute Gasteiger partial charge is 0.346 e. The van der Waals surface area contributed by atoms with Crippen LogP contribution in [-0.4, -0.2) is 35.5 Å². The fourth-order valence-electron chi connectivity index (χ4n) is 3.78. The van der Waals surface area contributed by atoms with Crippen molar-refractivity contribution in [3.05, 3.63) is 72.4 Å². The number of hydrogen-bond donors (Lipinski definition) is 3. The van der Waals surface area contributed by atoms with Gasteiger partial charge in [-0.3, -0.25) is 29.3 Å². The maximum absolute atomic E-state index is 13.1. The summed E-state index contributed by atoms with van der Waals surface area (Å²) < 4.78 is 0. The predicted molar refractivity (Wildman–Crippen MR) is 133 cm³/mol. The highest BCUT2D eigenvalue weighted by atomic mass is 16.2. The lowest BCUT2D eigenvalue weighted by Crippen LogP contribution is -2.49. The van der Waals surface area contributed by atoms with E-state index in [-0.39, 0.29) is 18.2 Å². The Morgan fingerprint density at radius 3 is 2.20 bits per heavy atom. The first kappa shape index (κ1) is 27.4. The van der Waals surface area contributed by atoms with Crippen molar-refractivity contribution < 1.29 is 24.0 Å². The SMILES string of the molecule is C/C=C/C=C/C=C/C(=O)N[C@@H](CC(=O)N[C@H](C(=O)[C@@H]1C(=O)N[13C](=O)[13C@H]1C)C(C)C)c1ccccc1. The average molecular weight is 482 g/mol. The molecule has 1 fully saturated rings. The molecule has 186 valence electrons. The van der Waals surface area contributed by atoms with Crippen LogP contribution >= 0.6 is 0 Å². The van der Waals surface area contributed by atoms with Crippen molar-refractivity contribution in [2.45, 2.75) is 46.2 Å². The monoisotopic (exact) mass is 481 g/mol. The number of ketones is 1. The summed E-state index contributed by atoms with van der Waals surface area (Å²) in [6.45, 7) is 6.91. The number of rotatable bonds is 11. The standard InChI is InChI=1S/C27H33N3O5/c1-5-6-7-8-12-15-21(31)28-20(19-13-10-9-11-14-19)16-22(32)29-24(17(2)3)25(33)23-18(4)26(34)30-27(23)35/h5-15,17-18,20,23-24H,16H2,1-4H3,(H,28,31)(H,29,32)(H,30,34,35)/b6-5+,8-7+,15-12+/t18-,20-,23+,24-/m0/s1/i18+1,26+1. The lowest BCUT2D eigenvalue weighted by atomic mass is 9.92. The van der Waals surface area contributed by atoms with Crippen LogP contribution in [0.3, 0.4) is 0 Å². The van der Waals surface area contributed by atoms with Gasteiger partial charge in [-0.25, -0.2) is 0 Å². The Morgan fingerprint density at radius 1 is 0.971 bits per heavy atom. The molecule has 0 saturated carbocycles. The zero-order chi connectivity index (χ0) is 26.0. The van der Waals surface area contributed by atoms with Gasteiger partial charge in [0.1, 0.15) is 5.92 Å². The Kier molecular flexibility index (Phi) is 10.3. The molecular weight excluding hydrogens is 448 g/mol. The van der Waals surface area contributed by atoms with Crippen molar-refractivity contribution in [1.29, 1.82) is 0 Å². The number of benzene rings is 1. The second kappa shape index (κ2) is 13.2. The molecule has 4 amide bonds. The summed E-state index contributed by atoms with van der Waals surface area (Å²) in [6.07, 6.45) is 10.0. The van der Waals surface area contributed by atoms with E-state index < -0.39 is 47.4 Å². The van der Waals surface area contributed by atoms with Crippen LogP contribution in [-0.2, 0) is 24.0 Å². The van der Waals surface area contributed by atoms with Crippen LogP contribution in [0.5, 0.6) is 0 Å². The third kappa shape index (κ3) is 7.88. The molecule has 0 radical (unpaired) electrons. The van der Waals surface area contributed by atoms with Crippen LogP contribution < -0.4 is 16.0 Å². The summed E-state index contributed by atoms with van der Waals surface area (Å²) in [4.78, 5) is 62.5. The molecule has 0 bridgehead atoms. The Balaban J connectivity index is 2.14. The number of carbonyl (C=O) groups is 5. The number of amides is 4. The molecule has 0 aromatic heterocycles. The maximum Gasteiger partial charge on any atom is 0.244 e. The first-order valence-corrected chi connectivity index (χ1v) is 11.6. The molecule has 1 heterocycles. The van der Waals surface area contributed by atoms with Gasteiger partial charge in [-0.1, -0.05) is 81.5 Å². The summed E-state index contributed by atoms with van der Waals surface area (Å²) in [5.74, 6) is -4.71. The molecular formula is C27H33N3O5. The van der Waals surface area contributed by atoms with Gasteiger partial charge in [0.2, 0.25) is 23.6 Å². The first-order chi connectivity index (χ1) is 16.6. The van der Waals surface area contributed by atoms with E-state index in [2.05, 4.69) is 16.0 Å². The van der Waals surface area contributed by atoms with E-state index in [1.165, 1.54) is 13.0 Å². The average Bonchev–Trinajstić information content (AvgIpc) is 3.07. The zero-order valence-electron chi connectivity index (χ0n) is 20.5. The second-order valence-corrected chi connectivity index (χ2v) is 8.76. The Morgan fingerprint density at radius 2 is 1.63 bits per heavy atom. The van der Waals surface area contributed by atoms with E-state index >= 15 is 0 Å². The molecule has 3 N–H and O–H groups in total. The second-order valence-electron chi connectivity index (χ2n) is 8.76. The van der Waals surface area contributed by atoms with E-state index in [4.69, 9.17) is 0 Å². The van der Waals surface area contributed by atoms with Gasteiger partial charge in [0.15, 0.2) is 5.78 Å². The van der Waals surface area contributed by atoms with Gasteiger partial charge in [-0.05, 0) is 18.4 Å². The van der Waals surface area contributed by atoms with E-state index in [1.807, 2.05) is 25.1 Å². The van der Waals surface area contributed by atoms with E-state index in [0.29, 0.717) is 0 Å². The van der Waals surface area contributed by atoms with Crippen LogP contribution in [0.4, 0.5) is 0 Å². The van der Waals surface area contributed by atoms with Gasteiger partial charge in [-0.15, -0.1) is 0 Å². The van der Waals surface area contributed by atoms with Gasteiger partial charge < -0.3 is 10.6 Å². The van der Waals surface area contributed by atoms with Gasteiger partial charge >= 0.3 is 0 Å². The minimum absolute atomic E-state index is 0.111. The number of Topliss-reactive ketones (excluding diaryl/α,β-unsaturated/α-hetero) is 1. The van der Waals surface area contributed by atoms with Gasteiger partial charge in [0.25, 0.3) is 0 Å². The topological polar surface area (TPSA) is 121 Å². The van der Waals surface area contributed by atoms with Gasteiger partial charge in [0, 0.05) is 6.08 Å². The number of carbonyl (C=O) groups excluding carboxylic acids is 5. The van der Waals surface area contributed by atoms with Crippen molar-refractivity contribution in [2.75, 3.05) is 0 Å². The molecule has 1 aromatic carbocycles. The third-order valence-electron chi connectivity index (χ3n) is 5.72. The van der Waals surface area contributed by atoms with Crippen LogP contribution in [0.1, 0.15) is 45.7 Å². The minimum atomic E-state index is -1.14. The number of hydrogen-bond acceptors (Lipinski definition) is 5. The summed E-state index contributed by atoms with van der Waals surface area (Å²) in [6, 6.07) is 7.46. The highest BCUT2D eigenvalue weighted by Crippen LogP contribution is 2.24. The summed E-state index contributed by atoms with van der Waals surface area (Å²) >= 11 is 0. The summed E-state index contributed by atoms with van der Waals surface area (Å²) in [5, 5.41) is 7.72. The fraction of sp³-hybridized carbons (Fsp3) is 0.370. The molecule has 0 aliphatic carbocycles. The number of allylic oxidation sites excluding steroid dienone is 5. The number of imide groups is 1. The van der Waals surface area contributed by atoms with E-state index in [9.17, 15) is 24.0 Å². The lowest BCUT2D eigenvalue weighted by molar-refractivity contribution is -0.137. The van der Waals surface area contributed by atoms with Crippen molar-refractivity contribution >= 4 is 29.4 Å². The molecule has 1 aliphatic rings. The van der Waals surface area contributed by atoms with Crippen LogP contribution in [0.25, 0.3) is 0 Å². The third-order valence-corrected chi connectivity index (χ3v) is 5.72. The Hall–Kier alpha value is -3.81. The van der Waals surface area contributed by atoms with Gasteiger partial charge in [-0.2, -0.15) is 0 Å². The van der Waals surface area contributed by atoms with Crippen molar-refractivity contribution in [3.8, 4) is 0 Å². The molecule has 2 rings (SSSR count). The highest BCUT2D eigenvalue weighted by Gasteiger charge is 2.46. The molecule has 35 heavy (non-hydrogen) atoms. The summed E-state index contributed by atoms with van der Waals surface area (Å²) in [5.41, 5.74) is 0.732. The first-order valence-electron chi connectivity index (χ1n) is 11.6. The predicted octanol–water partition coefficient (Wildman–Crippen LogP) is 2.54. The zero-order valence-corrected chi connectivity index (χ0v) is 20.5. The van der Waals surface area contributed by atoms with Crippen molar-refractivity contribution in [1.82, 2.24) is 16.0 Å². The Bertz CT molecular complexity index is 1030. The highest BCUT2D eigenvalue weighted by molar-refractivity contribution is 6.16. The number of nitrogens with one attached hydrogen (secondary N) is 3. The molecule has 8 heteroatoms. The minimum Gasteiger partial charge on any atom is -0.346 e. The molecule has 8 nitrogen and oxygen atoms in total. The fourth-order valence-corrected chi connectivity index (χ4v) is 3.78. The molecule has 1 aromatic rings. The van der Waals surface area contributed by atoms with E-state index in [1.54, 1.807) is 56.3 Å². The quantitative estimate of drug-likeness (QED) is 0.147. The molecule has 1 aliphatic heterocycles. The smallest absolute Gasteiger partial charge is 0.244 e. The molecule has 0 spiro atoms. The lowest BCUT2D eigenvalue weighted by Gasteiger charge is -2.25. The van der Waals surface area contributed by atoms with Crippen molar-refractivity contribution in [2.24, 2.45) is 17.8 Å². The van der Waals surface area contributed by atoms with E-state index in [0.717, 1.165) is 5.56 Å². The van der Waals surface area contributed by atoms with Crippen LogP contribution in [0, 0.1) is 17.8 Å². The summed E-state index contributed by atoms with van der Waals surface area (Å²) in [7, 11) is 0.